The first-order valence-electron chi connectivity index (χ1n) is 8.14. The Morgan fingerprint density at radius 2 is 2.00 bits per heavy atom. The fraction of sp³-hybridized carbons (Fsp3) is 0.706. The van der Waals surface area contributed by atoms with Gasteiger partial charge in [0.05, 0.1) is 6.61 Å². The molecular weight excluding hydrogens is 284 g/mol. The molecule has 2 N–H and O–H groups in total. The van der Waals surface area contributed by atoms with Gasteiger partial charge in [-0.05, 0) is 25.7 Å². The van der Waals surface area contributed by atoms with Crippen LogP contribution in [0.1, 0.15) is 58.3 Å². The lowest BCUT2D eigenvalue weighted by Gasteiger charge is -2.09. The van der Waals surface area contributed by atoms with Gasteiger partial charge < -0.3 is 9.84 Å². The molecule has 0 radical (unpaired) electrons. The maximum Gasteiger partial charge on any atom is 0.305 e. The van der Waals surface area contributed by atoms with Crippen molar-refractivity contribution in [3.8, 4) is 0 Å². The third-order valence-electron chi connectivity index (χ3n) is 3.14. The van der Waals surface area contributed by atoms with Gasteiger partial charge in [0.2, 0.25) is 0 Å². The van der Waals surface area contributed by atoms with Crippen LogP contribution in [-0.2, 0) is 14.4 Å². The number of hydrogen-bond donors (Lipinski definition) is 2. The fourth-order valence-electron chi connectivity index (χ4n) is 1.80. The van der Waals surface area contributed by atoms with Crippen molar-refractivity contribution < 1.29 is 24.8 Å². The third-order valence-corrected chi connectivity index (χ3v) is 3.14. The highest BCUT2D eigenvalue weighted by molar-refractivity contribution is 5.69. The Balaban J connectivity index is 3.75. The SMILES string of the molecule is CCCCC/C=C\C=C\[C@@H](CCOC(=O)CCCCO)OO. The standard InChI is InChI=1S/C17H30O5/c1-2-3-4-5-6-7-8-11-16(22-20)13-15-21-17(19)12-9-10-14-18/h6-8,11,16,18,20H,2-5,9-10,12-15H2,1H3/b7-6-,11-8+/t16-/m0/s1. The molecule has 0 bridgehead atoms. The van der Waals surface area contributed by atoms with Crippen molar-refractivity contribution in [1.29, 1.82) is 0 Å². The molecule has 0 spiro atoms. The molecule has 5 nitrogen and oxygen atoms in total. The monoisotopic (exact) mass is 314 g/mol. The number of hydrogen-bond acceptors (Lipinski definition) is 5. The van der Waals surface area contributed by atoms with Gasteiger partial charge in [-0.3, -0.25) is 10.1 Å². The van der Waals surface area contributed by atoms with Crippen LogP contribution in [0.25, 0.3) is 0 Å². The molecule has 0 fully saturated rings. The molecule has 0 saturated heterocycles. The first kappa shape index (κ1) is 20.8. The number of aliphatic hydroxyl groups excluding tert-OH is 1. The molecule has 128 valence electrons. The fourth-order valence-corrected chi connectivity index (χ4v) is 1.80. The van der Waals surface area contributed by atoms with Crippen LogP contribution < -0.4 is 0 Å². The predicted octanol–water partition coefficient (Wildman–Crippen LogP) is 3.63. The van der Waals surface area contributed by atoms with E-state index in [2.05, 4.69) is 17.9 Å². The van der Waals surface area contributed by atoms with E-state index in [0.29, 0.717) is 25.7 Å². The molecule has 0 heterocycles. The first-order chi connectivity index (χ1) is 10.7. The van der Waals surface area contributed by atoms with Crippen molar-refractivity contribution in [2.24, 2.45) is 0 Å². The van der Waals surface area contributed by atoms with Crippen molar-refractivity contribution in [2.45, 2.75) is 64.4 Å². The molecule has 1 atom stereocenters. The minimum absolute atomic E-state index is 0.0878. The van der Waals surface area contributed by atoms with Crippen LogP contribution in [0.4, 0.5) is 0 Å². The van der Waals surface area contributed by atoms with E-state index in [-0.39, 0.29) is 19.2 Å². The summed E-state index contributed by atoms with van der Waals surface area (Å²) in [5, 5.41) is 17.4. The van der Waals surface area contributed by atoms with E-state index in [1.165, 1.54) is 19.3 Å². The Labute approximate surface area is 133 Å². The normalized spacial score (nSPS) is 13.0. The number of unbranched alkanes of at least 4 members (excludes halogenated alkanes) is 4. The Morgan fingerprint density at radius 1 is 1.18 bits per heavy atom. The second-order valence-corrected chi connectivity index (χ2v) is 5.14. The molecule has 0 aromatic rings. The third kappa shape index (κ3) is 13.8. The number of carbonyl (C=O) groups excluding carboxylic acids is 1. The molecule has 0 aliphatic heterocycles. The molecule has 0 aliphatic carbocycles. The second-order valence-electron chi connectivity index (χ2n) is 5.14. The van der Waals surface area contributed by atoms with E-state index in [1.54, 1.807) is 6.08 Å². The topological polar surface area (TPSA) is 76.0 Å². The highest BCUT2D eigenvalue weighted by Gasteiger charge is 2.07. The van der Waals surface area contributed by atoms with E-state index in [9.17, 15) is 4.79 Å². The summed E-state index contributed by atoms with van der Waals surface area (Å²) in [7, 11) is 0. The van der Waals surface area contributed by atoms with Crippen LogP contribution in [0.3, 0.4) is 0 Å². The summed E-state index contributed by atoms with van der Waals surface area (Å²) in [4.78, 5) is 15.7. The predicted molar refractivity (Wildman–Crippen MR) is 86.4 cm³/mol. The summed E-state index contributed by atoms with van der Waals surface area (Å²) >= 11 is 0. The number of aliphatic hydroxyl groups is 1. The van der Waals surface area contributed by atoms with Gasteiger partial charge in [-0.1, -0.05) is 44.1 Å². The lowest BCUT2D eigenvalue weighted by atomic mass is 10.2. The molecule has 0 amide bonds. The number of carbonyl (C=O) groups is 1. The molecule has 5 heteroatoms. The highest BCUT2D eigenvalue weighted by atomic mass is 17.1. The van der Waals surface area contributed by atoms with Crippen molar-refractivity contribution in [1.82, 2.24) is 0 Å². The Bertz CT molecular complexity index is 312. The minimum atomic E-state index is -0.481. The van der Waals surface area contributed by atoms with Crippen LogP contribution in [0.15, 0.2) is 24.3 Å². The van der Waals surface area contributed by atoms with Crippen LogP contribution in [0, 0.1) is 0 Å². The van der Waals surface area contributed by atoms with Gasteiger partial charge in [0, 0.05) is 19.4 Å². The summed E-state index contributed by atoms with van der Waals surface area (Å²) in [6.07, 6.45) is 13.7. The zero-order valence-corrected chi connectivity index (χ0v) is 13.6. The van der Waals surface area contributed by atoms with Crippen LogP contribution in [-0.4, -0.2) is 35.7 Å². The smallest absolute Gasteiger partial charge is 0.305 e. The van der Waals surface area contributed by atoms with Crippen LogP contribution in [0.2, 0.25) is 0 Å². The van der Waals surface area contributed by atoms with Gasteiger partial charge in [-0.2, -0.15) is 0 Å². The highest BCUT2D eigenvalue weighted by Crippen LogP contribution is 2.03. The maximum atomic E-state index is 11.3. The zero-order valence-electron chi connectivity index (χ0n) is 13.6. The largest absolute Gasteiger partial charge is 0.466 e. The molecule has 22 heavy (non-hydrogen) atoms. The summed E-state index contributed by atoms with van der Waals surface area (Å²) in [5.74, 6) is -0.287. The van der Waals surface area contributed by atoms with Crippen molar-refractivity contribution >= 4 is 5.97 Å². The average molecular weight is 314 g/mol. The molecule has 0 rings (SSSR count). The molecule has 0 aromatic carbocycles. The number of ether oxygens (including phenoxy) is 1. The molecule has 0 saturated carbocycles. The number of rotatable bonds is 14. The Kier molecular flexibility index (Phi) is 15.3. The Hall–Kier alpha value is -1.17. The molecule has 0 unspecified atom stereocenters. The quantitative estimate of drug-likeness (QED) is 0.168. The van der Waals surface area contributed by atoms with Gasteiger partial charge in [-0.15, -0.1) is 0 Å². The maximum absolute atomic E-state index is 11.3. The van der Waals surface area contributed by atoms with Crippen LogP contribution in [0.5, 0.6) is 0 Å². The Morgan fingerprint density at radius 3 is 2.68 bits per heavy atom. The lowest BCUT2D eigenvalue weighted by Crippen LogP contribution is -2.14. The zero-order chi connectivity index (χ0) is 16.5. The molecular formula is C17H30O5. The van der Waals surface area contributed by atoms with E-state index < -0.39 is 6.10 Å². The average Bonchev–Trinajstić information content (AvgIpc) is 2.52. The van der Waals surface area contributed by atoms with Crippen molar-refractivity contribution in [3.63, 3.8) is 0 Å². The van der Waals surface area contributed by atoms with E-state index in [1.807, 2.05) is 12.2 Å². The van der Waals surface area contributed by atoms with Gasteiger partial charge in [0.25, 0.3) is 0 Å². The van der Waals surface area contributed by atoms with E-state index >= 15 is 0 Å². The summed E-state index contributed by atoms with van der Waals surface area (Å²) in [5.41, 5.74) is 0. The lowest BCUT2D eigenvalue weighted by molar-refractivity contribution is -0.268. The van der Waals surface area contributed by atoms with E-state index in [4.69, 9.17) is 15.1 Å². The number of esters is 1. The van der Waals surface area contributed by atoms with Crippen molar-refractivity contribution in [3.05, 3.63) is 24.3 Å². The number of allylic oxidation sites excluding steroid dienone is 3. The van der Waals surface area contributed by atoms with Gasteiger partial charge >= 0.3 is 5.97 Å². The molecule has 0 aromatic heterocycles. The summed E-state index contributed by atoms with van der Waals surface area (Å²) < 4.78 is 5.03. The van der Waals surface area contributed by atoms with Gasteiger partial charge in [0.15, 0.2) is 0 Å². The van der Waals surface area contributed by atoms with Gasteiger partial charge in [0.1, 0.15) is 6.10 Å². The first-order valence-corrected chi connectivity index (χ1v) is 8.14. The molecule has 0 aliphatic rings. The minimum Gasteiger partial charge on any atom is -0.466 e. The van der Waals surface area contributed by atoms with Crippen molar-refractivity contribution in [2.75, 3.05) is 13.2 Å². The summed E-state index contributed by atoms with van der Waals surface area (Å²) in [6, 6.07) is 0. The second kappa shape index (κ2) is 16.2. The summed E-state index contributed by atoms with van der Waals surface area (Å²) in [6.45, 7) is 2.46. The van der Waals surface area contributed by atoms with E-state index in [0.717, 1.165) is 6.42 Å². The van der Waals surface area contributed by atoms with Crippen LogP contribution >= 0.6 is 0 Å². The van der Waals surface area contributed by atoms with Gasteiger partial charge in [-0.25, -0.2) is 4.89 Å².